The maximum Gasteiger partial charge on any atom is 0.409 e. The second-order valence-corrected chi connectivity index (χ2v) is 17.1. The van der Waals surface area contributed by atoms with Crippen molar-refractivity contribution >= 4 is 53.8 Å². The standard InChI is InChI=1S/C40H58ClN3O12S/c1-24-12-11-13-29(53-10)40(49)20-31(55-36(48)42-40)38(4)21-37(3,56-38)30(19-33(46)44(6)27-17-26(16-24)18-28(52-9)34(27)41)54-35(47)25(2)43(5)32(45)14-15-39(57,22-50-7)23-51-8/h11-13,17-18,25,29-31,49,57H,14-16,19-23H2,1-10H3,(H,42,48)/b13-11+,24-12+/t25-,29+,30-,31-,37+,38?,40-/m0/s1. The molecule has 1 unspecified atom stereocenters. The van der Waals surface area contributed by atoms with Gasteiger partial charge in [0.25, 0.3) is 0 Å². The predicted molar refractivity (Wildman–Crippen MR) is 216 cm³/mol. The Kier molecular flexibility index (Phi) is 15.2. The number of anilines is 1. The molecule has 15 nitrogen and oxygen atoms in total. The molecule has 57 heavy (non-hydrogen) atoms. The van der Waals surface area contributed by atoms with E-state index < -0.39 is 64.0 Å². The number of halogens is 1. The van der Waals surface area contributed by atoms with Crippen molar-refractivity contribution in [1.29, 1.82) is 0 Å². The van der Waals surface area contributed by atoms with E-state index in [2.05, 4.69) is 17.9 Å². The maximum absolute atomic E-state index is 14.2. The lowest BCUT2D eigenvalue weighted by Gasteiger charge is -2.59. The van der Waals surface area contributed by atoms with Crippen LogP contribution in [-0.2, 0) is 49.2 Å². The second-order valence-electron chi connectivity index (χ2n) is 15.8. The van der Waals surface area contributed by atoms with Gasteiger partial charge in [0.1, 0.15) is 46.3 Å². The molecule has 0 saturated carbocycles. The summed E-state index contributed by atoms with van der Waals surface area (Å²) in [6, 6.07) is 2.52. The van der Waals surface area contributed by atoms with E-state index in [1.165, 1.54) is 52.2 Å². The normalized spacial score (nSPS) is 30.2. The summed E-state index contributed by atoms with van der Waals surface area (Å²) in [7, 11) is 9.04. The van der Waals surface area contributed by atoms with Gasteiger partial charge in [0.2, 0.25) is 11.8 Å². The smallest absolute Gasteiger partial charge is 0.409 e. The highest BCUT2D eigenvalue weighted by Gasteiger charge is 2.63. The lowest BCUT2D eigenvalue weighted by atomic mass is 9.72. The summed E-state index contributed by atoms with van der Waals surface area (Å²) in [6.45, 7) is 7.37. The largest absolute Gasteiger partial charge is 0.495 e. The van der Waals surface area contributed by atoms with Crippen LogP contribution in [0.1, 0.15) is 65.4 Å². The van der Waals surface area contributed by atoms with Crippen molar-refractivity contribution in [2.24, 2.45) is 0 Å². The molecule has 318 valence electrons. The van der Waals surface area contributed by atoms with E-state index in [1.807, 2.05) is 13.0 Å². The third kappa shape index (κ3) is 10.6. The van der Waals surface area contributed by atoms with Crippen molar-refractivity contribution in [2.45, 2.75) is 112 Å². The van der Waals surface area contributed by atoms with Crippen LogP contribution in [-0.4, -0.2) is 136 Å². The summed E-state index contributed by atoms with van der Waals surface area (Å²) in [4.78, 5) is 57.1. The monoisotopic (exact) mass is 839 g/mol. The minimum Gasteiger partial charge on any atom is -0.495 e. The summed E-state index contributed by atoms with van der Waals surface area (Å²) in [6.07, 6.45) is 1.74. The minimum atomic E-state index is -1.87. The zero-order valence-electron chi connectivity index (χ0n) is 34.5. The Morgan fingerprint density at radius 2 is 1.81 bits per heavy atom. The third-order valence-corrected chi connectivity index (χ3v) is 11.9. The van der Waals surface area contributed by atoms with Gasteiger partial charge in [-0.05, 0) is 58.2 Å². The van der Waals surface area contributed by atoms with Gasteiger partial charge in [0.05, 0.1) is 37.2 Å². The average Bonchev–Trinajstić information content (AvgIpc) is 3.13. The number of esters is 1. The third-order valence-electron chi connectivity index (χ3n) is 11.1. The van der Waals surface area contributed by atoms with Gasteiger partial charge in [-0.1, -0.05) is 35.4 Å². The zero-order valence-corrected chi connectivity index (χ0v) is 36.2. The summed E-state index contributed by atoms with van der Waals surface area (Å²) in [5.41, 5.74) is -2.24. The molecule has 0 radical (unpaired) electrons. The van der Waals surface area contributed by atoms with Gasteiger partial charge in [-0.15, -0.1) is 0 Å². The first kappa shape index (κ1) is 46.3. The summed E-state index contributed by atoms with van der Waals surface area (Å²) >= 11 is 11.5. The van der Waals surface area contributed by atoms with Crippen molar-refractivity contribution in [2.75, 3.05) is 60.6 Å². The van der Waals surface area contributed by atoms with Gasteiger partial charge in [-0.3, -0.25) is 14.9 Å². The molecule has 0 aliphatic carbocycles. The Balaban J connectivity index is 1.70. The van der Waals surface area contributed by atoms with Gasteiger partial charge in [0, 0.05) is 54.7 Å². The second kappa shape index (κ2) is 18.7. The molecule has 2 saturated heterocycles. The number of hydrogen-bond acceptors (Lipinski definition) is 13. The van der Waals surface area contributed by atoms with Crippen molar-refractivity contribution in [3.63, 3.8) is 0 Å². The van der Waals surface area contributed by atoms with Crippen LogP contribution in [0, 0.1) is 0 Å². The first-order valence-corrected chi connectivity index (χ1v) is 19.6. The number of amides is 3. The summed E-state index contributed by atoms with van der Waals surface area (Å²) < 4.78 is 39.4. The highest BCUT2D eigenvalue weighted by Crippen LogP contribution is 2.50. The van der Waals surface area contributed by atoms with Crippen LogP contribution in [0.4, 0.5) is 10.5 Å². The van der Waals surface area contributed by atoms with E-state index in [4.69, 9.17) is 44.8 Å². The molecule has 6 bridgehead atoms. The molecule has 4 heterocycles. The van der Waals surface area contributed by atoms with Crippen LogP contribution in [0.3, 0.4) is 0 Å². The molecule has 17 heteroatoms. The number of thiol groups is 1. The highest BCUT2D eigenvalue weighted by molar-refractivity contribution is 7.81. The Bertz CT molecular complexity index is 1710. The highest BCUT2D eigenvalue weighted by atomic mass is 35.5. The van der Waals surface area contributed by atoms with Gasteiger partial charge in [-0.25, -0.2) is 9.59 Å². The van der Waals surface area contributed by atoms with Gasteiger partial charge < -0.3 is 48.1 Å². The van der Waals surface area contributed by atoms with Gasteiger partial charge in [-0.2, -0.15) is 12.6 Å². The van der Waals surface area contributed by atoms with Crippen LogP contribution in [0.25, 0.3) is 0 Å². The predicted octanol–water partition coefficient (Wildman–Crippen LogP) is 4.40. The average molecular weight is 840 g/mol. The van der Waals surface area contributed by atoms with Gasteiger partial charge >= 0.3 is 12.1 Å². The molecule has 2 fully saturated rings. The molecule has 1 aromatic carbocycles. The Hall–Kier alpha value is -3.38. The number of rotatable bonds is 12. The minimum absolute atomic E-state index is 0.0515. The van der Waals surface area contributed by atoms with Crippen LogP contribution >= 0.6 is 24.2 Å². The van der Waals surface area contributed by atoms with E-state index in [0.29, 0.717) is 24.3 Å². The maximum atomic E-state index is 14.2. The van der Waals surface area contributed by atoms with Crippen molar-refractivity contribution < 1.29 is 57.4 Å². The van der Waals surface area contributed by atoms with Crippen LogP contribution < -0.4 is 15.0 Å². The lowest BCUT2D eigenvalue weighted by Crippen LogP contribution is -2.72. The molecular weight excluding hydrogens is 782 g/mol. The number of nitrogens with zero attached hydrogens (tertiary/aromatic N) is 2. The number of nitrogens with one attached hydrogen (secondary N) is 1. The summed E-state index contributed by atoms with van der Waals surface area (Å²) in [5.74, 6) is -1.20. The molecule has 0 spiro atoms. The zero-order chi connectivity index (χ0) is 42.5. The first-order valence-electron chi connectivity index (χ1n) is 18.7. The molecule has 1 aromatic rings. The van der Waals surface area contributed by atoms with Crippen molar-refractivity contribution in [3.05, 3.63) is 46.5 Å². The van der Waals surface area contributed by atoms with Crippen LogP contribution in [0.2, 0.25) is 5.02 Å². The lowest BCUT2D eigenvalue weighted by molar-refractivity contribution is -0.328. The van der Waals surface area contributed by atoms with E-state index in [9.17, 15) is 24.3 Å². The first-order chi connectivity index (χ1) is 26.7. The van der Waals surface area contributed by atoms with Gasteiger partial charge in [0.15, 0.2) is 5.72 Å². The van der Waals surface area contributed by atoms with Crippen LogP contribution in [0.15, 0.2) is 35.9 Å². The molecular formula is C40H58ClN3O12S. The van der Waals surface area contributed by atoms with E-state index in [0.717, 1.165) is 11.1 Å². The number of fused-ring (bicyclic) bond motifs is 6. The number of benzene rings is 1. The fourth-order valence-electron chi connectivity index (χ4n) is 7.75. The Morgan fingerprint density at radius 1 is 1.16 bits per heavy atom. The molecule has 5 rings (SSSR count). The number of ether oxygens (including phenoxy) is 7. The number of carbonyl (C=O) groups excluding carboxylic acids is 4. The van der Waals surface area contributed by atoms with Crippen molar-refractivity contribution in [1.82, 2.24) is 10.2 Å². The quantitative estimate of drug-likeness (QED) is 0.201. The number of alkyl carbamates (subject to hydrolysis) is 1. The Labute approximate surface area is 345 Å². The number of aliphatic hydroxyl groups is 1. The molecule has 4 aliphatic rings. The van der Waals surface area contributed by atoms with E-state index >= 15 is 0 Å². The molecule has 2 N–H and O–H groups in total. The van der Waals surface area contributed by atoms with Crippen molar-refractivity contribution in [3.8, 4) is 5.75 Å². The fourth-order valence-corrected chi connectivity index (χ4v) is 8.43. The summed E-state index contributed by atoms with van der Waals surface area (Å²) in [5, 5.41) is 14.5. The van der Waals surface area contributed by atoms with E-state index in [1.54, 1.807) is 45.2 Å². The number of carbonyl (C=O) groups is 4. The van der Waals surface area contributed by atoms with E-state index in [-0.39, 0.29) is 49.8 Å². The molecule has 7 atom stereocenters. The molecule has 4 aliphatic heterocycles. The number of allylic oxidation sites excluding steroid dienone is 3. The Morgan fingerprint density at radius 3 is 2.40 bits per heavy atom. The molecule has 0 aromatic heterocycles. The SMILES string of the molecule is COCC(S)(CCC(=O)N(C)[C@@H](C)C(=O)O[C@H]1CC(=O)N(C)c2cc(cc(OC)c2Cl)C/C(C)=C/C=C/[C@@H](OC)[C@@]2(O)C[C@H](OC(=O)N2)C2(C)C[C@@]1(C)O2)COC. The number of hydrogen-bond donors (Lipinski definition) is 3. The number of likely N-dealkylation sites (N-methyl/N-ethyl adjacent to an activating group) is 1. The van der Waals surface area contributed by atoms with Crippen LogP contribution in [0.5, 0.6) is 5.75 Å². The number of methoxy groups -OCH3 is 4. The topological polar surface area (TPSA) is 172 Å². The fraction of sp³-hybridized carbons (Fsp3) is 0.650. The molecule has 3 amide bonds.